The van der Waals surface area contributed by atoms with Crippen molar-refractivity contribution < 1.29 is 19.7 Å². The van der Waals surface area contributed by atoms with Gasteiger partial charge in [-0.2, -0.15) is 4.89 Å². The fraction of sp³-hybridized carbons (Fsp3) is 0.350. The Balaban J connectivity index is 2.11. The van der Waals surface area contributed by atoms with Crippen molar-refractivity contribution in [2.75, 3.05) is 7.11 Å². The highest BCUT2D eigenvalue weighted by atomic mass is 17.1. The molecule has 0 saturated carbocycles. The normalized spacial score (nSPS) is 19.0. The van der Waals surface area contributed by atoms with Crippen LogP contribution in [-0.2, 0) is 21.8 Å². The molecule has 1 aliphatic carbocycles. The summed E-state index contributed by atoms with van der Waals surface area (Å²) < 4.78 is 5.54. The van der Waals surface area contributed by atoms with Gasteiger partial charge in [0.25, 0.3) is 5.79 Å². The van der Waals surface area contributed by atoms with Gasteiger partial charge in [-0.05, 0) is 24.5 Å². The van der Waals surface area contributed by atoms with Gasteiger partial charge in [0, 0.05) is 29.4 Å². The number of rotatable bonds is 6. The van der Waals surface area contributed by atoms with Gasteiger partial charge in [0.05, 0.1) is 0 Å². The Kier molecular flexibility index (Phi) is 4.81. The van der Waals surface area contributed by atoms with Gasteiger partial charge in [0.2, 0.25) is 0 Å². The molecule has 1 aliphatic rings. The minimum atomic E-state index is -1.47. The fourth-order valence-corrected chi connectivity index (χ4v) is 3.41. The molecule has 0 bridgehead atoms. The van der Waals surface area contributed by atoms with Gasteiger partial charge in [-0.1, -0.05) is 56.2 Å². The van der Waals surface area contributed by atoms with E-state index < -0.39 is 5.79 Å². The maximum Gasteiger partial charge on any atom is 0.255 e. The number of carbonyl (C=O) groups is 1. The van der Waals surface area contributed by atoms with Gasteiger partial charge in [-0.3, -0.25) is 4.79 Å². The van der Waals surface area contributed by atoms with E-state index in [0.717, 1.165) is 31.2 Å². The van der Waals surface area contributed by atoms with Crippen molar-refractivity contribution in [3.05, 3.63) is 70.3 Å². The Morgan fingerprint density at radius 3 is 2.50 bits per heavy atom. The quantitative estimate of drug-likeness (QED) is 0.372. The van der Waals surface area contributed by atoms with E-state index >= 15 is 0 Å². The fourth-order valence-electron chi connectivity index (χ4n) is 3.41. The summed E-state index contributed by atoms with van der Waals surface area (Å²) in [5.74, 6) is -1.54. The molecule has 4 heteroatoms. The molecule has 1 unspecified atom stereocenters. The molecule has 2 aromatic rings. The van der Waals surface area contributed by atoms with Crippen LogP contribution in [0.2, 0.25) is 0 Å². The Bertz CT molecular complexity index is 747. The molecule has 0 aliphatic heterocycles. The lowest BCUT2D eigenvalue weighted by atomic mass is 9.79. The summed E-state index contributed by atoms with van der Waals surface area (Å²) in [6.45, 7) is 2.17. The number of ether oxygens (including phenoxy) is 1. The lowest BCUT2D eigenvalue weighted by molar-refractivity contribution is -0.390. The molecule has 1 atom stereocenters. The Morgan fingerprint density at radius 1 is 1.04 bits per heavy atom. The van der Waals surface area contributed by atoms with Gasteiger partial charge in [0.1, 0.15) is 0 Å². The van der Waals surface area contributed by atoms with Crippen LogP contribution in [0, 0.1) is 0 Å². The van der Waals surface area contributed by atoms with Gasteiger partial charge in [0.15, 0.2) is 5.78 Å². The van der Waals surface area contributed by atoms with E-state index in [4.69, 9.17) is 9.62 Å². The van der Waals surface area contributed by atoms with Crippen molar-refractivity contribution in [1.82, 2.24) is 0 Å². The maximum atomic E-state index is 12.9. The highest BCUT2D eigenvalue weighted by Gasteiger charge is 2.46. The van der Waals surface area contributed by atoms with E-state index in [1.165, 1.54) is 7.11 Å². The zero-order valence-electron chi connectivity index (χ0n) is 14.0. The Hall–Kier alpha value is -2.01. The summed E-state index contributed by atoms with van der Waals surface area (Å²) in [6, 6.07) is 12.8. The highest BCUT2D eigenvalue weighted by Crippen LogP contribution is 2.43. The number of hydrogen-bond acceptors (Lipinski definition) is 4. The summed E-state index contributed by atoms with van der Waals surface area (Å²) in [5.41, 5.74) is 3.18. The smallest absolute Gasteiger partial charge is 0.255 e. The summed E-state index contributed by atoms with van der Waals surface area (Å²) in [7, 11) is 1.46. The summed E-state index contributed by atoms with van der Waals surface area (Å²) in [5, 5.41) is 9.63. The molecule has 0 radical (unpaired) electrons. The van der Waals surface area contributed by atoms with Crippen molar-refractivity contribution in [2.45, 2.75) is 38.4 Å². The Labute approximate surface area is 142 Å². The van der Waals surface area contributed by atoms with Crippen molar-refractivity contribution in [3.8, 4) is 0 Å². The lowest BCUT2D eigenvalue weighted by Crippen LogP contribution is -2.39. The molecule has 3 rings (SSSR count). The SMILES string of the molecule is CCCCCc1ccc2c(c1)C(=O)c1ccccc1C2(OC)OO. The molecular formula is C20H22O4. The molecule has 4 nitrogen and oxygen atoms in total. The van der Waals surface area contributed by atoms with Gasteiger partial charge in [-0.25, -0.2) is 5.26 Å². The number of carbonyl (C=O) groups excluding carboxylic acids is 1. The molecule has 2 aromatic carbocycles. The van der Waals surface area contributed by atoms with Crippen LogP contribution >= 0.6 is 0 Å². The minimum Gasteiger partial charge on any atom is -0.344 e. The zero-order chi connectivity index (χ0) is 17.2. The van der Waals surface area contributed by atoms with E-state index in [2.05, 4.69) is 6.92 Å². The number of methoxy groups -OCH3 is 1. The first-order valence-corrected chi connectivity index (χ1v) is 8.33. The van der Waals surface area contributed by atoms with Gasteiger partial charge < -0.3 is 4.74 Å². The summed E-state index contributed by atoms with van der Waals surface area (Å²) >= 11 is 0. The van der Waals surface area contributed by atoms with Crippen molar-refractivity contribution in [3.63, 3.8) is 0 Å². The molecule has 1 N–H and O–H groups in total. The first-order valence-electron chi connectivity index (χ1n) is 8.33. The molecule has 24 heavy (non-hydrogen) atoms. The van der Waals surface area contributed by atoms with Crippen molar-refractivity contribution >= 4 is 5.78 Å². The molecule has 0 aromatic heterocycles. The van der Waals surface area contributed by atoms with Crippen LogP contribution in [-0.4, -0.2) is 18.2 Å². The second kappa shape index (κ2) is 6.85. The summed E-state index contributed by atoms with van der Waals surface area (Å²) in [6.07, 6.45) is 4.33. The third kappa shape index (κ3) is 2.57. The zero-order valence-corrected chi connectivity index (χ0v) is 14.0. The number of hydrogen-bond donors (Lipinski definition) is 1. The van der Waals surface area contributed by atoms with Crippen LogP contribution in [0.15, 0.2) is 42.5 Å². The number of ketones is 1. The third-order valence-electron chi connectivity index (χ3n) is 4.69. The van der Waals surface area contributed by atoms with Gasteiger partial charge in [-0.15, -0.1) is 0 Å². The number of fused-ring (bicyclic) bond motifs is 2. The molecule has 0 fully saturated rings. The van der Waals surface area contributed by atoms with E-state index in [0.29, 0.717) is 22.3 Å². The van der Waals surface area contributed by atoms with Crippen molar-refractivity contribution in [1.29, 1.82) is 0 Å². The van der Waals surface area contributed by atoms with Crippen LogP contribution in [0.1, 0.15) is 58.8 Å². The number of aryl methyl sites for hydroxylation is 1. The van der Waals surface area contributed by atoms with E-state index in [1.54, 1.807) is 24.3 Å². The largest absolute Gasteiger partial charge is 0.344 e. The monoisotopic (exact) mass is 326 g/mol. The maximum absolute atomic E-state index is 12.9. The molecule has 126 valence electrons. The molecule has 0 heterocycles. The van der Waals surface area contributed by atoms with E-state index in [-0.39, 0.29) is 5.78 Å². The average molecular weight is 326 g/mol. The minimum absolute atomic E-state index is 0.0670. The molecular weight excluding hydrogens is 304 g/mol. The first kappa shape index (κ1) is 16.8. The van der Waals surface area contributed by atoms with Crippen LogP contribution in [0.25, 0.3) is 0 Å². The van der Waals surface area contributed by atoms with Crippen LogP contribution in [0.3, 0.4) is 0 Å². The predicted molar refractivity (Wildman–Crippen MR) is 91.0 cm³/mol. The predicted octanol–water partition coefficient (Wildman–Crippen LogP) is 4.30. The summed E-state index contributed by atoms with van der Waals surface area (Å²) in [4.78, 5) is 17.7. The second-order valence-electron chi connectivity index (χ2n) is 6.12. The van der Waals surface area contributed by atoms with Crippen LogP contribution < -0.4 is 0 Å². The average Bonchev–Trinajstić information content (AvgIpc) is 2.63. The van der Waals surface area contributed by atoms with E-state index in [1.807, 2.05) is 18.2 Å². The molecule has 0 saturated heterocycles. The highest BCUT2D eigenvalue weighted by molar-refractivity contribution is 6.13. The number of unbranched alkanes of at least 4 members (excludes halogenated alkanes) is 2. The topological polar surface area (TPSA) is 55.8 Å². The lowest BCUT2D eigenvalue weighted by Gasteiger charge is -2.35. The second-order valence-corrected chi connectivity index (χ2v) is 6.12. The first-order chi connectivity index (χ1) is 11.7. The van der Waals surface area contributed by atoms with Crippen LogP contribution in [0.5, 0.6) is 0 Å². The van der Waals surface area contributed by atoms with Crippen molar-refractivity contribution in [2.24, 2.45) is 0 Å². The number of benzene rings is 2. The molecule has 0 amide bonds. The Morgan fingerprint density at radius 2 is 1.79 bits per heavy atom. The van der Waals surface area contributed by atoms with Gasteiger partial charge >= 0.3 is 0 Å². The van der Waals surface area contributed by atoms with E-state index in [9.17, 15) is 10.1 Å². The third-order valence-corrected chi connectivity index (χ3v) is 4.69. The standard InChI is InChI=1S/C20H22O4/c1-3-4-5-8-14-11-12-18-16(13-14)19(21)15-9-6-7-10-17(15)20(18,23-2)24-22/h6-7,9-13,22H,3-5,8H2,1-2H3. The molecule has 0 spiro atoms. The van der Waals surface area contributed by atoms with Crippen LogP contribution in [0.4, 0.5) is 0 Å².